The van der Waals surface area contributed by atoms with E-state index in [4.69, 9.17) is 9.47 Å². The zero-order valence-electron chi connectivity index (χ0n) is 21.9. The summed E-state index contributed by atoms with van der Waals surface area (Å²) in [6.45, 7) is 4.47. The van der Waals surface area contributed by atoms with E-state index in [2.05, 4.69) is 10.6 Å². The molecule has 39 heavy (non-hydrogen) atoms. The molecule has 0 fully saturated rings. The predicted octanol–water partition coefficient (Wildman–Crippen LogP) is 5.39. The van der Waals surface area contributed by atoms with Crippen LogP contribution in [0.1, 0.15) is 54.5 Å². The van der Waals surface area contributed by atoms with Crippen molar-refractivity contribution in [2.24, 2.45) is 5.92 Å². The average Bonchev–Trinajstić information content (AvgIpc) is 3.71. The largest absolute Gasteiger partial charge is 0.481 e. The number of amides is 3. The Morgan fingerprint density at radius 3 is 2.26 bits per heavy atom. The highest BCUT2D eigenvalue weighted by atomic mass is 32.1. The number of hydrogen-bond acceptors (Lipinski definition) is 7. The summed E-state index contributed by atoms with van der Waals surface area (Å²) in [7, 11) is 0. The van der Waals surface area contributed by atoms with Crippen molar-refractivity contribution in [2.45, 2.75) is 58.3 Å². The van der Waals surface area contributed by atoms with Crippen molar-refractivity contribution in [3.8, 4) is 11.5 Å². The lowest BCUT2D eigenvalue weighted by molar-refractivity contribution is -0.142. The van der Waals surface area contributed by atoms with Crippen molar-refractivity contribution in [1.82, 2.24) is 15.5 Å². The molecule has 3 amide bonds. The summed E-state index contributed by atoms with van der Waals surface area (Å²) >= 11 is 3.14. The molecule has 0 saturated heterocycles. The molecule has 208 valence electrons. The number of nitrogens with one attached hydrogen (secondary N) is 2. The van der Waals surface area contributed by atoms with Crippen LogP contribution in [0.5, 0.6) is 11.5 Å². The Kier molecular flexibility index (Phi) is 9.83. The number of carboxylic acid groups (broad SMARTS) is 1. The van der Waals surface area contributed by atoms with Crippen LogP contribution in [0.4, 0.5) is 4.79 Å². The molecule has 0 aliphatic carbocycles. The summed E-state index contributed by atoms with van der Waals surface area (Å²) in [5, 5.41) is 19.6. The van der Waals surface area contributed by atoms with Crippen LogP contribution in [0.25, 0.3) is 0 Å². The van der Waals surface area contributed by atoms with Gasteiger partial charge in [-0.2, -0.15) is 0 Å². The number of ether oxygens (including phenoxy) is 2. The molecule has 1 aliphatic rings. The number of carboxylic acids is 1. The summed E-state index contributed by atoms with van der Waals surface area (Å²) in [5.41, 5.74) is 0.583. The highest BCUT2D eigenvalue weighted by molar-refractivity contribution is 7.10. The summed E-state index contributed by atoms with van der Waals surface area (Å²) in [4.78, 5) is 42.8. The second kappa shape index (κ2) is 13.5. The van der Waals surface area contributed by atoms with E-state index in [0.717, 1.165) is 22.6 Å². The summed E-state index contributed by atoms with van der Waals surface area (Å²) < 4.78 is 10.8. The van der Waals surface area contributed by atoms with Gasteiger partial charge in [0.2, 0.25) is 12.7 Å². The van der Waals surface area contributed by atoms with Crippen LogP contribution in [0.3, 0.4) is 0 Å². The summed E-state index contributed by atoms with van der Waals surface area (Å²) in [6.07, 6.45) is 1.98. The Hall–Kier alpha value is -3.57. The molecule has 0 saturated carbocycles. The van der Waals surface area contributed by atoms with Crippen LogP contribution < -0.4 is 20.1 Å². The predicted molar refractivity (Wildman–Crippen MR) is 150 cm³/mol. The molecular formula is C28H33N3O6S2. The number of aliphatic carboxylic acids is 1. The van der Waals surface area contributed by atoms with Gasteiger partial charge in [0.1, 0.15) is 6.04 Å². The van der Waals surface area contributed by atoms with Crippen molar-refractivity contribution in [3.63, 3.8) is 0 Å². The highest BCUT2D eigenvalue weighted by Crippen LogP contribution is 2.36. The monoisotopic (exact) mass is 571 g/mol. The first-order valence-corrected chi connectivity index (χ1v) is 14.6. The van der Waals surface area contributed by atoms with E-state index in [1.807, 2.05) is 41.9 Å². The number of benzene rings is 1. The Bertz CT molecular complexity index is 1210. The van der Waals surface area contributed by atoms with E-state index < -0.39 is 29.9 Å². The molecule has 3 aromatic rings. The van der Waals surface area contributed by atoms with Crippen LogP contribution in [-0.2, 0) is 22.7 Å². The number of urea groups is 1. The molecule has 11 heteroatoms. The first kappa shape index (κ1) is 28.4. The molecule has 0 bridgehead atoms. The van der Waals surface area contributed by atoms with Crippen LogP contribution in [0.2, 0.25) is 0 Å². The topological polar surface area (TPSA) is 117 Å². The van der Waals surface area contributed by atoms with Gasteiger partial charge < -0.3 is 30.1 Å². The van der Waals surface area contributed by atoms with Gasteiger partial charge >= 0.3 is 12.0 Å². The van der Waals surface area contributed by atoms with Crippen molar-refractivity contribution in [1.29, 1.82) is 0 Å². The Balaban J connectivity index is 1.53. The zero-order chi connectivity index (χ0) is 27.8. The highest BCUT2D eigenvalue weighted by Gasteiger charge is 2.32. The molecule has 0 spiro atoms. The van der Waals surface area contributed by atoms with Gasteiger partial charge in [-0.05, 0) is 53.9 Å². The van der Waals surface area contributed by atoms with Gasteiger partial charge in [-0.25, -0.2) is 4.79 Å². The fourth-order valence-electron chi connectivity index (χ4n) is 4.30. The van der Waals surface area contributed by atoms with Gasteiger partial charge in [0, 0.05) is 9.75 Å². The number of thiophene rings is 2. The molecular weight excluding hydrogens is 538 g/mol. The number of nitrogens with zero attached hydrogens (tertiary/aromatic N) is 1. The number of hydrogen-bond donors (Lipinski definition) is 3. The minimum absolute atomic E-state index is 0.0862. The maximum atomic E-state index is 13.6. The lowest BCUT2D eigenvalue weighted by atomic mass is 9.93. The summed E-state index contributed by atoms with van der Waals surface area (Å²) in [5.74, 6) is -1.34. The first-order chi connectivity index (χ1) is 18.9. The molecule has 2 aromatic heterocycles. The SMILES string of the molecule is CCCC[C@@H](NC(=O)N(Cc1cccs1)Cc1cccs1)C(=O)N[C@@H](c1ccc2c(c1)OCO2)C(C)C(=O)O. The molecule has 3 N–H and O–H groups in total. The number of carbonyl (C=O) groups excluding carboxylic acids is 2. The maximum Gasteiger partial charge on any atom is 0.318 e. The minimum Gasteiger partial charge on any atom is -0.481 e. The zero-order valence-corrected chi connectivity index (χ0v) is 23.6. The molecule has 9 nitrogen and oxygen atoms in total. The third kappa shape index (κ3) is 7.51. The van der Waals surface area contributed by atoms with Gasteiger partial charge in [0.05, 0.1) is 25.0 Å². The molecule has 3 heterocycles. The number of rotatable bonds is 13. The van der Waals surface area contributed by atoms with E-state index in [1.165, 1.54) is 0 Å². The fraction of sp³-hybridized carbons (Fsp3) is 0.393. The number of carbonyl (C=O) groups is 3. The van der Waals surface area contributed by atoms with Crippen molar-refractivity contribution < 1.29 is 29.0 Å². The number of unbranched alkanes of at least 4 members (excludes halogenated alkanes) is 1. The van der Waals surface area contributed by atoms with Crippen LogP contribution in [0, 0.1) is 5.92 Å². The minimum atomic E-state index is -1.05. The lowest BCUT2D eigenvalue weighted by Crippen LogP contribution is -2.52. The third-order valence-electron chi connectivity index (χ3n) is 6.54. The summed E-state index contributed by atoms with van der Waals surface area (Å²) in [6, 6.07) is 10.9. The van der Waals surface area contributed by atoms with Crippen LogP contribution in [-0.4, -0.2) is 40.7 Å². The normalized spacial score (nSPS) is 14.3. The molecule has 4 rings (SSSR count). The van der Waals surface area contributed by atoms with Crippen LogP contribution in [0.15, 0.2) is 53.2 Å². The quantitative estimate of drug-likeness (QED) is 0.253. The second-order valence-electron chi connectivity index (χ2n) is 9.38. The third-order valence-corrected chi connectivity index (χ3v) is 8.27. The van der Waals surface area contributed by atoms with E-state index in [-0.39, 0.29) is 12.8 Å². The van der Waals surface area contributed by atoms with E-state index in [1.54, 1.807) is 52.7 Å². The molecule has 1 aliphatic heterocycles. The van der Waals surface area contributed by atoms with Crippen molar-refractivity contribution in [3.05, 3.63) is 68.5 Å². The van der Waals surface area contributed by atoms with Crippen LogP contribution >= 0.6 is 22.7 Å². The van der Waals surface area contributed by atoms with E-state index >= 15 is 0 Å². The standard InChI is InChI=1S/C28H33N3O6S2/c1-3-4-9-22(29-28(35)31(15-20-7-5-12-38-20)16-21-8-6-13-39-21)26(32)30-25(18(2)27(33)34)19-10-11-23-24(14-19)37-17-36-23/h5-8,10-14,18,22,25H,3-4,9,15-17H2,1-2H3,(H,29,35)(H,30,32)(H,33,34)/t18?,22-,25-/m1/s1. The Labute approximate surface area is 235 Å². The number of fused-ring (bicyclic) bond motifs is 1. The van der Waals surface area contributed by atoms with Gasteiger partial charge in [0.15, 0.2) is 11.5 Å². The fourth-order valence-corrected chi connectivity index (χ4v) is 5.74. The van der Waals surface area contributed by atoms with Gasteiger partial charge in [-0.3, -0.25) is 9.59 Å². The van der Waals surface area contributed by atoms with E-state index in [9.17, 15) is 19.5 Å². The van der Waals surface area contributed by atoms with Crippen molar-refractivity contribution >= 4 is 40.6 Å². The average molecular weight is 572 g/mol. The smallest absolute Gasteiger partial charge is 0.318 e. The Morgan fingerprint density at radius 1 is 1.00 bits per heavy atom. The molecule has 1 unspecified atom stereocenters. The Morgan fingerprint density at radius 2 is 1.67 bits per heavy atom. The molecule has 3 atom stereocenters. The van der Waals surface area contributed by atoms with E-state index in [0.29, 0.717) is 36.6 Å². The van der Waals surface area contributed by atoms with Crippen molar-refractivity contribution in [2.75, 3.05) is 6.79 Å². The maximum absolute atomic E-state index is 13.6. The first-order valence-electron chi connectivity index (χ1n) is 12.9. The van der Waals surface area contributed by atoms with Gasteiger partial charge in [0.25, 0.3) is 0 Å². The molecule has 0 radical (unpaired) electrons. The van der Waals surface area contributed by atoms with Gasteiger partial charge in [-0.15, -0.1) is 22.7 Å². The second-order valence-corrected chi connectivity index (χ2v) is 11.4. The van der Waals surface area contributed by atoms with Gasteiger partial charge in [-0.1, -0.05) is 38.0 Å². The molecule has 1 aromatic carbocycles. The lowest BCUT2D eigenvalue weighted by Gasteiger charge is -2.28.